The molecule has 1 rings (SSSR count). The zero-order valence-corrected chi connectivity index (χ0v) is 15.7. The minimum atomic E-state index is -3.14. The minimum Gasteiger partial charge on any atom is -0.470 e. The highest BCUT2D eigenvalue weighted by molar-refractivity contribution is 6.62. The lowest BCUT2D eigenvalue weighted by Crippen LogP contribution is -2.47. The van der Waals surface area contributed by atoms with E-state index in [1.165, 1.54) is 7.11 Å². The van der Waals surface area contributed by atoms with Crippen molar-refractivity contribution in [3.63, 3.8) is 0 Å². The zero-order valence-electron chi connectivity index (χ0n) is 14.7. The van der Waals surface area contributed by atoms with Gasteiger partial charge in [0.05, 0.1) is 0 Å². The summed E-state index contributed by atoms with van der Waals surface area (Å²) in [7, 11) is -1.66. The number of hydrogen-bond donors (Lipinski definition) is 0. The molecule has 1 atom stereocenters. The van der Waals surface area contributed by atoms with Gasteiger partial charge in [0.2, 0.25) is 0 Å². The fourth-order valence-electron chi connectivity index (χ4n) is 2.04. The van der Waals surface area contributed by atoms with Crippen molar-refractivity contribution in [2.45, 2.75) is 32.7 Å². The molecule has 0 heterocycles. The lowest BCUT2D eigenvalue weighted by Gasteiger charge is -2.27. The van der Waals surface area contributed by atoms with Crippen LogP contribution in [0, 0.1) is 0 Å². The highest BCUT2D eigenvalue weighted by atomic mass is 28.4. The van der Waals surface area contributed by atoms with Gasteiger partial charge in [-0.1, -0.05) is 44.2 Å². The molecule has 0 saturated carbocycles. The topological polar surface area (TPSA) is 54.0 Å². The van der Waals surface area contributed by atoms with Gasteiger partial charge in [0.15, 0.2) is 6.79 Å². The van der Waals surface area contributed by atoms with Crippen LogP contribution in [0.3, 0.4) is 0 Å². The molecule has 0 radical (unpaired) electrons. The van der Waals surface area contributed by atoms with Crippen molar-refractivity contribution in [1.29, 1.82) is 0 Å². The van der Waals surface area contributed by atoms with E-state index >= 15 is 0 Å². The smallest absolute Gasteiger partial charge is 0.470 e. The Morgan fingerprint density at radius 1 is 1.33 bits per heavy atom. The molecule has 0 amide bonds. The highest BCUT2D eigenvalue weighted by Crippen LogP contribution is 2.22. The van der Waals surface area contributed by atoms with Crippen molar-refractivity contribution in [3.05, 3.63) is 54.6 Å². The molecule has 0 aromatic heterocycles. The summed E-state index contributed by atoms with van der Waals surface area (Å²) >= 11 is 0. The SMILES string of the molecule is C=CCc1ccccc1OCO[Si](CCC)(OC)OC(=O)C(=C)C. The van der Waals surface area contributed by atoms with Gasteiger partial charge in [-0.15, -0.1) is 6.58 Å². The number of benzene rings is 1. The van der Waals surface area contributed by atoms with E-state index in [1.54, 1.807) is 6.92 Å². The predicted octanol–water partition coefficient (Wildman–Crippen LogP) is 3.88. The first kappa shape index (κ1) is 20.2. The fraction of sp³-hybridized carbons (Fsp3) is 0.389. The van der Waals surface area contributed by atoms with Crippen molar-refractivity contribution in [1.82, 2.24) is 0 Å². The van der Waals surface area contributed by atoms with E-state index in [2.05, 4.69) is 13.2 Å². The van der Waals surface area contributed by atoms with Crippen LogP contribution in [0.4, 0.5) is 0 Å². The molecule has 0 fully saturated rings. The van der Waals surface area contributed by atoms with Crippen LogP contribution >= 0.6 is 0 Å². The van der Waals surface area contributed by atoms with E-state index in [4.69, 9.17) is 18.0 Å². The van der Waals surface area contributed by atoms with Crippen LogP contribution in [0.25, 0.3) is 0 Å². The van der Waals surface area contributed by atoms with E-state index in [1.807, 2.05) is 37.3 Å². The van der Waals surface area contributed by atoms with Gasteiger partial charge in [-0.3, -0.25) is 0 Å². The number of carbonyl (C=O) groups excluding carboxylic acids is 1. The maximum Gasteiger partial charge on any atom is 0.570 e. The normalized spacial score (nSPS) is 13.0. The molecular weight excluding hydrogens is 324 g/mol. The Balaban J connectivity index is 2.76. The lowest BCUT2D eigenvalue weighted by molar-refractivity contribution is -0.135. The molecule has 5 nitrogen and oxygen atoms in total. The van der Waals surface area contributed by atoms with Crippen molar-refractivity contribution in [2.24, 2.45) is 0 Å². The third-order valence-corrected chi connectivity index (χ3v) is 6.08. The molecule has 24 heavy (non-hydrogen) atoms. The van der Waals surface area contributed by atoms with Crippen LogP contribution in [-0.4, -0.2) is 28.7 Å². The summed E-state index contributed by atoms with van der Waals surface area (Å²) in [5.74, 6) is 0.197. The largest absolute Gasteiger partial charge is 0.570 e. The van der Waals surface area contributed by atoms with Crippen LogP contribution in [0.15, 0.2) is 49.1 Å². The number of rotatable bonds is 11. The summed E-state index contributed by atoms with van der Waals surface area (Å²) in [5.41, 5.74) is 1.32. The lowest BCUT2D eigenvalue weighted by atomic mass is 10.1. The van der Waals surface area contributed by atoms with E-state index in [-0.39, 0.29) is 6.79 Å². The average Bonchev–Trinajstić information content (AvgIpc) is 2.56. The summed E-state index contributed by atoms with van der Waals surface area (Å²) in [6.45, 7) is 10.8. The van der Waals surface area contributed by atoms with Crippen LogP contribution in [0.5, 0.6) is 5.75 Å². The summed E-state index contributed by atoms with van der Waals surface area (Å²) < 4.78 is 22.4. The van der Waals surface area contributed by atoms with E-state index in [0.29, 0.717) is 23.8 Å². The minimum absolute atomic E-state index is 0.0578. The van der Waals surface area contributed by atoms with Crippen LogP contribution in [-0.2, 0) is 24.5 Å². The Kier molecular flexibility index (Phi) is 8.46. The summed E-state index contributed by atoms with van der Waals surface area (Å²) in [6.07, 6.45) is 3.27. The molecular formula is C18H26O5Si. The summed E-state index contributed by atoms with van der Waals surface area (Å²) in [5, 5.41) is 0. The van der Waals surface area contributed by atoms with E-state index in [0.717, 1.165) is 12.0 Å². The molecule has 1 aromatic rings. The summed E-state index contributed by atoms with van der Waals surface area (Å²) in [6, 6.07) is 8.16. The number of allylic oxidation sites excluding steroid dienone is 1. The Hall–Kier alpha value is -1.89. The van der Waals surface area contributed by atoms with Crippen molar-refractivity contribution in [3.8, 4) is 5.75 Å². The number of carbonyl (C=O) groups is 1. The van der Waals surface area contributed by atoms with Gasteiger partial charge in [0, 0.05) is 18.7 Å². The molecule has 1 aromatic carbocycles. The first-order valence-corrected chi connectivity index (χ1v) is 9.80. The molecule has 6 heteroatoms. The molecule has 0 N–H and O–H groups in total. The Morgan fingerprint density at radius 2 is 2.04 bits per heavy atom. The van der Waals surface area contributed by atoms with Gasteiger partial charge in [-0.2, -0.15) is 0 Å². The first-order valence-electron chi connectivity index (χ1n) is 7.87. The third kappa shape index (κ3) is 5.96. The van der Waals surface area contributed by atoms with Gasteiger partial charge >= 0.3 is 14.8 Å². The average molecular weight is 350 g/mol. The second kappa shape index (κ2) is 10.1. The molecule has 0 aliphatic heterocycles. The Bertz CT molecular complexity index is 572. The molecule has 0 saturated heterocycles. The number of ether oxygens (including phenoxy) is 1. The second-order valence-electron chi connectivity index (χ2n) is 5.31. The molecule has 1 unspecified atom stereocenters. The van der Waals surface area contributed by atoms with Crippen LogP contribution < -0.4 is 4.74 Å². The quantitative estimate of drug-likeness (QED) is 0.262. The molecule has 0 aliphatic carbocycles. The van der Waals surface area contributed by atoms with E-state index < -0.39 is 14.8 Å². The molecule has 0 bridgehead atoms. The van der Waals surface area contributed by atoms with Gasteiger partial charge in [0.25, 0.3) is 0 Å². The second-order valence-corrected chi connectivity index (χ2v) is 8.08. The van der Waals surface area contributed by atoms with Gasteiger partial charge < -0.3 is 18.0 Å². The molecule has 0 spiro atoms. The molecule has 0 aliphatic rings. The maximum absolute atomic E-state index is 11.9. The Morgan fingerprint density at radius 3 is 2.62 bits per heavy atom. The van der Waals surface area contributed by atoms with Crippen molar-refractivity contribution in [2.75, 3.05) is 13.9 Å². The van der Waals surface area contributed by atoms with Gasteiger partial charge in [-0.05, 0) is 25.0 Å². The highest BCUT2D eigenvalue weighted by Gasteiger charge is 2.43. The maximum atomic E-state index is 11.9. The van der Waals surface area contributed by atoms with Gasteiger partial charge in [-0.25, -0.2) is 4.79 Å². The van der Waals surface area contributed by atoms with Gasteiger partial charge in [0.1, 0.15) is 5.75 Å². The monoisotopic (exact) mass is 350 g/mol. The third-order valence-electron chi connectivity index (χ3n) is 3.29. The molecule has 132 valence electrons. The summed E-state index contributed by atoms with van der Waals surface area (Å²) in [4.78, 5) is 11.9. The van der Waals surface area contributed by atoms with Crippen LogP contribution in [0.2, 0.25) is 6.04 Å². The number of para-hydroxylation sites is 1. The van der Waals surface area contributed by atoms with E-state index in [9.17, 15) is 4.79 Å². The Labute approximate surface area is 145 Å². The first-order chi connectivity index (χ1) is 11.5. The zero-order chi connectivity index (χ0) is 18.0. The predicted molar refractivity (Wildman–Crippen MR) is 95.7 cm³/mol. The van der Waals surface area contributed by atoms with Crippen molar-refractivity contribution < 1.29 is 22.8 Å². The standard InChI is InChI=1S/C18H26O5Si/c1-6-10-16-11-8-9-12-17(16)21-14-22-24(20-5,13-7-2)23-18(19)15(3)4/h6,8-9,11-12H,1,3,7,10,13-14H2,2,4-5H3. The van der Waals surface area contributed by atoms with Crippen molar-refractivity contribution >= 4 is 14.8 Å². The van der Waals surface area contributed by atoms with Crippen LogP contribution in [0.1, 0.15) is 25.8 Å². The number of hydrogen-bond acceptors (Lipinski definition) is 5. The fourth-order valence-corrected chi connectivity index (χ4v) is 4.06.